The molecule has 2 aromatic carbocycles. The third-order valence-electron chi connectivity index (χ3n) is 5.43. The van der Waals surface area contributed by atoms with Gasteiger partial charge in [0.25, 0.3) is 5.91 Å². The number of amides is 1. The lowest BCUT2D eigenvalue weighted by atomic mass is 9.88. The van der Waals surface area contributed by atoms with Crippen LogP contribution in [0.2, 0.25) is 0 Å². The van der Waals surface area contributed by atoms with Gasteiger partial charge in [-0.2, -0.15) is 0 Å². The van der Waals surface area contributed by atoms with Crippen LogP contribution < -0.4 is 10.9 Å². The van der Waals surface area contributed by atoms with Crippen molar-refractivity contribution in [1.82, 2.24) is 5.32 Å². The van der Waals surface area contributed by atoms with Crippen molar-refractivity contribution in [1.29, 1.82) is 0 Å². The number of rotatable bonds is 2. The van der Waals surface area contributed by atoms with E-state index >= 15 is 0 Å². The number of carbonyl (C=O) groups is 1. The van der Waals surface area contributed by atoms with Crippen molar-refractivity contribution in [2.24, 2.45) is 0 Å². The highest BCUT2D eigenvalue weighted by Crippen LogP contribution is 2.33. The van der Waals surface area contributed by atoms with Gasteiger partial charge in [0.2, 0.25) is 0 Å². The van der Waals surface area contributed by atoms with Crippen LogP contribution >= 0.6 is 11.3 Å². The summed E-state index contributed by atoms with van der Waals surface area (Å²) in [5.74, 6) is -0.136. The van der Waals surface area contributed by atoms with Crippen molar-refractivity contribution in [3.05, 3.63) is 80.5 Å². The zero-order chi connectivity index (χ0) is 19.3. The molecule has 140 valence electrons. The monoisotopic (exact) mass is 389 g/mol. The maximum Gasteiger partial charge on any atom is 0.345 e. The average molecular weight is 389 g/mol. The summed E-state index contributed by atoms with van der Waals surface area (Å²) in [5.41, 5.74) is 3.74. The molecule has 0 aliphatic heterocycles. The number of aryl methyl sites for hydroxylation is 2. The van der Waals surface area contributed by atoms with Gasteiger partial charge in [0.05, 0.1) is 21.0 Å². The molecule has 0 saturated carbocycles. The highest BCUT2D eigenvalue weighted by atomic mass is 32.1. The van der Waals surface area contributed by atoms with Gasteiger partial charge in [0, 0.05) is 5.39 Å². The molecule has 1 aliphatic rings. The van der Waals surface area contributed by atoms with Gasteiger partial charge in [0.15, 0.2) is 0 Å². The number of hydrogen-bond donors (Lipinski definition) is 1. The smallest absolute Gasteiger partial charge is 0.345 e. The van der Waals surface area contributed by atoms with Crippen LogP contribution in [-0.2, 0) is 6.42 Å². The number of benzene rings is 2. The van der Waals surface area contributed by atoms with Crippen LogP contribution in [0, 0.1) is 6.92 Å². The van der Waals surface area contributed by atoms with Gasteiger partial charge in [-0.1, -0.05) is 35.9 Å². The van der Waals surface area contributed by atoms with Crippen molar-refractivity contribution < 1.29 is 9.21 Å². The van der Waals surface area contributed by atoms with E-state index in [1.54, 1.807) is 6.07 Å². The fourth-order valence-corrected chi connectivity index (χ4v) is 5.12. The molecule has 1 aliphatic carbocycles. The third kappa shape index (κ3) is 2.83. The van der Waals surface area contributed by atoms with Crippen LogP contribution in [-0.4, -0.2) is 5.91 Å². The highest BCUT2D eigenvalue weighted by Gasteiger charge is 2.23. The molecule has 4 aromatic rings. The molecule has 5 heteroatoms. The molecule has 0 bridgehead atoms. The van der Waals surface area contributed by atoms with Crippen LogP contribution in [0.3, 0.4) is 0 Å². The first-order chi connectivity index (χ1) is 13.6. The summed E-state index contributed by atoms with van der Waals surface area (Å²) >= 11 is 1.36. The molecule has 1 N–H and O–H groups in total. The predicted octanol–water partition coefficient (Wildman–Crippen LogP) is 5.12. The summed E-state index contributed by atoms with van der Waals surface area (Å²) in [6.45, 7) is 2.00. The van der Waals surface area contributed by atoms with Gasteiger partial charge in [-0.3, -0.25) is 4.79 Å². The molecule has 0 spiro atoms. The van der Waals surface area contributed by atoms with E-state index in [0.717, 1.165) is 34.9 Å². The molecule has 1 amide bonds. The van der Waals surface area contributed by atoms with Crippen LogP contribution in [0.4, 0.5) is 0 Å². The molecule has 5 rings (SSSR count). The first kappa shape index (κ1) is 17.2. The van der Waals surface area contributed by atoms with Gasteiger partial charge < -0.3 is 9.73 Å². The standard InChI is InChI=1S/C23H19NO3S/c1-13-9-10-19-16(11-13)21-17(23(26)27-19)12-20(28-21)22(25)24-18-8-4-6-14-5-2-3-7-15(14)18/h2-3,5,7,9-12,18H,4,6,8H2,1H3,(H,24,25). The van der Waals surface area contributed by atoms with Gasteiger partial charge >= 0.3 is 5.63 Å². The van der Waals surface area contributed by atoms with Crippen molar-refractivity contribution in [3.63, 3.8) is 0 Å². The van der Waals surface area contributed by atoms with E-state index in [9.17, 15) is 9.59 Å². The van der Waals surface area contributed by atoms with Crippen molar-refractivity contribution >= 4 is 38.3 Å². The Morgan fingerprint density at radius 1 is 1.14 bits per heavy atom. The Kier molecular flexibility index (Phi) is 4.05. The van der Waals surface area contributed by atoms with Crippen molar-refractivity contribution in [2.75, 3.05) is 0 Å². The summed E-state index contributed by atoms with van der Waals surface area (Å²) in [5, 5.41) is 4.52. The summed E-state index contributed by atoms with van der Waals surface area (Å²) < 4.78 is 6.25. The fraction of sp³-hybridized carbons (Fsp3) is 0.217. The number of hydrogen-bond acceptors (Lipinski definition) is 4. The molecule has 0 fully saturated rings. The second kappa shape index (κ2) is 6.60. The van der Waals surface area contributed by atoms with E-state index in [4.69, 9.17) is 4.42 Å². The molecule has 28 heavy (non-hydrogen) atoms. The second-order valence-electron chi connectivity index (χ2n) is 7.36. The molecule has 0 radical (unpaired) electrons. The Hall–Kier alpha value is -2.92. The number of fused-ring (bicyclic) bond motifs is 4. The Morgan fingerprint density at radius 3 is 2.89 bits per heavy atom. The van der Waals surface area contributed by atoms with E-state index in [2.05, 4.69) is 17.4 Å². The van der Waals surface area contributed by atoms with E-state index < -0.39 is 5.63 Å². The topological polar surface area (TPSA) is 59.3 Å². The minimum atomic E-state index is -0.398. The van der Waals surface area contributed by atoms with Crippen LogP contribution in [0.5, 0.6) is 0 Å². The van der Waals surface area contributed by atoms with Crippen LogP contribution in [0.25, 0.3) is 21.1 Å². The minimum Gasteiger partial charge on any atom is -0.422 e. The van der Waals surface area contributed by atoms with Crippen molar-refractivity contribution in [2.45, 2.75) is 32.2 Å². The second-order valence-corrected chi connectivity index (χ2v) is 8.41. The largest absolute Gasteiger partial charge is 0.422 e. The fourth-order valence-electron chi connectivity index (χ4n) is 4.05. The van der Waals surface area contributed by atoms with E-state index in [0.29, 0.717) is 15.8 Å². The molecule has 2 aromatic heterocycles. The summed E-state index contributed by atoms with van der Waals surface area (Å²) in [6.07, 6.45) is 3.04. The zero-order valence-corrected chi connectivity index (χ0v) is 16.3. The number of carbonyl (C=O) groups excluding carboxylic acids is 1. The first-order valence-electron chi connectivity index (χ1n) is 9.46. The summed E-state index contributed by atoms with van der Waals surface area (Å²) in [4.78, 5) is 25.9. The van der Waals surface area contributed by atoms with E-state index in [-0.39, 0.29) is 11.9 Å². The molecular weight excluding hydrogens is 370 g/mol. The SMILES string of the molecule is Cc1ccc2oc(=O)c3cc(C(=O)NC4CCCc5ccccc54)sc3c2c1. The predicted molar refractivity (Wildman–Crippen MR) is 112 cm³/mol. The third-order valence-corrected chi connectivity index (χ3v) is 6.60. The lowest BCUT2D eigenvalue weighted by Gasteiger charge is -2.26. The van der Waals surface area contributed by atoms with Crippen LogP contribution in [0.1, 0.15) is 45.2 Å². The lowest BCUT2D eigenvalue weighted by molar-refractivity contribution is 0.0937. The molecule has 1 atom stereocenters. The first-order valence-corrected chi connectivity index (χ1v) is 10.3. The van der Waals surface area contributed by atoms with E-state index in [1.807, 2.05) is 37.3 Å². The maximum absolute atomic E-state index is 13.0. The molecule has 4 nitrogen and oxygen atoms in total. The normalized spacial score (nSPS) is 16.2. The Labute approximate surface area is 165 Å². The maximum atomic E-state index is 13.0. The Bertz CT molecular complexity index is 1280. The molecule has 1 unspecified atom stereocenters. The Morgan fingerprint density at radius 2 is 2.00 bits per heavy atom. The summed E-state index contributed by atoms with van der Waals surface area (Å²) in [7, 11) is 0. The lowest BCUT2D eigenvalue weighted by Crippen LogP contribution is -2.30. The van der Waals surface area contributed by atoms with E-state index in [1.165, 1.54) is 22.5 Å². The minimum absolute atomic E-state index is 0.0121. The molecule has 0 saturated heterocycles. The quantitative estimate of drug-likeness (QED) is 0.484. The van der Waals surface area contributed by atoms with Gasteiger partial charge in [-0.25, -0.2) is 4.79 Å². The van der Waals surface area contributed by atoms with Gasteiger partial charge in [-0.15, -0.1) is 11.3 Å². The highest BCUT2D eigenvalue weighted by molar-refractivity contribution is 7.21. The average Bonchev–Trinajstić information content (AvgIpc) is 3.16. The number of thiophene rings is 1. The number of nitrogens with one attached hydrogen (secondary N) is 1. The van der Waals surface area contributed by atoms with Gasteiger partial charge in [-0.05, 0) is 55.5 Å². The molecular formula is C23H19NO3S. The summed E-state index contributed by atoms with van der Waals surface area (Å²) in [6, 6.07) is 15.7. The Balaban J connectivity index is 1.54. The zero-order valence-electron chi connectivity index (χ0n) is 15.5. The van der Waals surface area contributed by atoms with Crippen LogP contribution in [0.15, 0.2) is 57.7 Å². The molecule has 2 heterocycles. The van der Waals surface area contributed by atoms with Crippen molar-refractivity contribution in [3.8, 4) is 0 Å². The van der Waals surface area contributed by atoms with Gasteiger partial charge in [0.1, 0.15) is 5.58 Å².